The third-order valence-electron chi connectivity index (χ3n) is 2.15. The van der Waals surface area contributed by atoms with Crippen molar-refractivity contribution in [1.82, 2.24) is 10.3 Å². The Morgan fingerprint density at radius 2 is 2.22 bits per heavy atom. The SMILES string of the molecule is CCOC(=O)c1ccc(OCCNC(C)C)nc1. The van der Waals surface area contributed by atoms with Crippen LogP contribution in [0.3, 0.4) is 0 Å². The van der Waals surface area contributed by atoms with Gasteiger partial charge in [0.25, 0.3) is 0 Å². The molecule has 1 aromatic rings. The van der Waals surface area contributed by atoms with Gasteiger partial charge >= 0.3 is 5.97 Å². The Bertz CT molecular complexity index is 363. The molecule has 5 nitrogen and oxygen atoms in total. The lowest BCUT2D eigenvalue weighted by Gasteiger charge is -2.09. The van der Waals surface area contributed by atoms with E-state index in [4.69, 9.17) is 9.47 Å². The molecule has 0 saturated carbocycles. The molecular weight excluding hydrogens is 232 g/mol. The molecule has 0 radical (unpaired) electrons. The average molecular weight is 252 g/mol. The maximum Gasteiger partial charge on any atom is 0.339 e. The van der Waals surface area contributed by atoms with Crippen LogP contribution in [0.5, 0.6) is 5.88 Å². The van der Waals surface area contributed by atoms with E-state index in [0.29, 0.717) is 30.7 Å². The Morgan fingerprint density at radius 3 is 2.78 bits per heavy atom. The molecule has 5 heteroatoms. The molecule has 100 valence electrons. The first-order valence-electron chi connectivity index (χ1n) is 6.12. The predicted molar refractivity (Wildman–Crippen MR) is 68.8 cm³/mol. The zero-order valence-corrected chi connectivity index (χ0v) is 11.1. The Hall–Kier alpha value is -1.62. The van der Waals surface area contributed by atoms with Crippen LogP contribution in [0, 0.1) is 0 Å². The van der Waals surface area contributed by atoms with Gasteiger partial charge in [0.1, 0.15) is 6.61 Å². The lowest BCUT2D eigenvalue weighted by molar-refractivity contribution is 0.0526. The van der Waals surface area contributed by atoms with Crippen LogP contribution in [0.4, 0.5) is 0 Å². The molecule has 0 aromatic carbocycles. The van der Waals surface area contributed by atoms with Crippen LogP contribution in [-0.2, 0) is 4.74 Å². The number of hydrogen-bond donors (Lipinski definition) is 1. The van der Waals surface area contributed by atoms with Crippen LogP contribution in [0.25, 0.3) is 0 Å². The first kappa shape index (κ1) is 14.4. The summed E-state index contributed by atoms with van der Waals surface area (Å²) >= 11 is 0. The molecular formula is C13H20N2O3. The van der Waals surface area contributed by atoms with Gasteiger partial charge in [0.15, 0.2) is 0 Å². The van der Waals surface area contributed by atoms with Crippen molar-refractivity contribution in [3.05, 3.63) is 23.9 Å². The zero-order chi connectivity index (χ0) is 13.4. The maximum atomic E-state index is 11.4. The number of esters is 1. The number of carbonyl (C=O) groups is 1. The summed E-state index contributed by atoms with van der Waals surface area (Å²) in [6.45, 7) is 7.59. The Morgan fingerprint density at radius 1 is 1.44 bits per heavy atom. The molecule has 1 rings (SSSR count). The molecule has 0 unspecified atom stereocenters. The van der Waals surface area contributed by atoms with E-state index in [2.05, 4.69) is 24.1 Å². The van der Waals surface area contributed by atoms with Crippen molar-refractivity contribution < 1.29 is 14.3 Å². The van der Waals surface area contributed by atoms with E-state index in [0.717, 1.165) is 6.54 Å². The molecule has 0 spiro atoms. The molecule has 0 atom stereocenters. The minimum atomic E-state index is -0.363. The van der Waals surface area contributed by atoms with Gasteiger partial charge in [-0.15, -0.1) is 0 Å². The quantitative estimate of drug-likeness (QED) is 0.590. The highest BCUT2D eigenvalue weighted by molar-refractivity contribution is 5.89. The first-order chi connectivity index (χ1) is 8.63. The van der Waals surface area contributed by atoms with Gasteiger partial charge in [0, 0.05) is 24.8 Å². The predicted octanol–water partition coefficient (Wildman–Crippen LogP) is 1.64. The average Bonchev–Trinajstić information content (AvgIpc) is 2.35. The molecule has 0 fully saturated rings. The van der Waals surface area contributed by atoms with Gasteiger partial charge < -0.3 is 14.8 Å². The van der Waals surface area contributed by atoms with Crippen molar-refractivity contribution in [1.29, 1.82) is 0 Å². The molecule has 0 amide bonds. The normalized spacial score (nSPS) is 10.4. The molecule has 0 aliphatic carbocycles. The lowest BCUT2D eigenvalue weighted by Crippen LogP contribution is -2.27. The van der Waals surface area contributed by atoms with Crippen molar-refractivity contribution in [2.75, 3.05) is 19.8 Å². The van der Waals surface area contributed by atoms with Gasteiger partial charge in [-0.25, -0.2) is 9.78 Å². The van der Waals surface area contributed by atoms with Gasteiger partial charge in [0.2, 0.25) is 5.88 Å². The highest BCUT2D eigenvalue weighted by Crippen LogP contribution is 2.08. The fourth-order valence-electron chi connectivity index (χ4n) is 1.30. The summed E-state index contributed by atoms with van der Waals surface area (Å²) in [5.74, 6) is 0.145. The minimum Gasteiger partial charge on any atom is -0.476 e. The summed E-state index contributed by atoms with van der Waals surface area (Å²) in [6.07, 6.45) is 1.46. The molecule has 0 aliphatic heterocycles. The number of nitrogens with zero attached hydrogens (tertiary/aromatic N) is 1. The second-order valence-electron chi connectivity index (χ2n) is 4.06. The van der Waals surface area contributed by atoms with E-state index in [9.17, 15) is 4.79 Å². The smallest absolute Gasteiger partial charge is 0.339 e. The fourth-order valence-corrected chi connectivity index (χ4v) is 1.30. The number of ether oxygens (including phenoxy) is 2. The molecule has 1 N–H and O–H groups in total. The highest BCUT2D eigenvalue weighted by atomic mass is 16.5. The van der Waals surface area contributed by atoms with Crippen molar-refractivity contribution in [3.63, 3.8) is 0 Å². The van der Waals surface area contributed by atoms with Gasteiger partial charge in [-0.2, -0.15) is 0 Å². The van der Waals surface area contributed by atoms with Crippen LogP contribution in [0.15, 0.2) is 18.3 Å². The van der Waals surface area contributed by atoms with Crippen LogP contribution in [0.2, 0.25) is 0 Å². The molecule has 18 heavy (non-hydrogen) atoms. The van der Waals surface area contributed by atoms with Gasteiger partial charge in [-0.05, 0) is 13.0 Å². The number of carbonyl (C=O) groups excluding carboxylic acids is 1. The largest absolute Gasteiger partial charge is 0.476 e. The molecule has 1 aromatic heterocycles. The van der Waals surface area contributed by atoms with Crippen molar-refractivity contribution in [2.45, 2.75) is 26.8 Å². The van der Waals surface area contributed by atoms with Crippen molar-refractivity contribution in [3.8, 4) is 5.88 Å². The van der Waals surface area contributed by atoms with Crippen LogP contribution in [0.1, 0.15) is 31.1 Å². The van der Waals surface area contributed by atoms with E-state index < -0.39 is 0 Å². The summed E-state index contributed by atoms with van der Waals surface area (Å²) in [6, 6.07) is 3.76. The number of nitrogens with one attached hydrogen (secondary N) is 1. The Kier molecular flexibility index (Phi) is 6.14. The second kappa shape index (κ2) is 7.66. The molecule has 0 aliphatic rings. The standard InChI is InChI=1S/C13H20N2O3/c1-4-17-13(16)11-5-6-12(15-9-11)18-8-7-14-10(2)3/h5-6,9-10,14H,4,7-8H2,1-3H3. The number of pyridine rings is 1. The summed E-state index contributed by atoms with van der Waals surface area (Å²) in [7, 11) is 0. The van der Waals surface area contributed by atoms with Crippen molar-refractivity contribution in [2.24, 2.45) is 0 Å². The fraction of sp³-hybridized carbons (Fsp3) is 0.538. The number of rotatable bonds is 7. The van der Waals surface area contributed by atoms with Crippen molar-refractivity contribution >= 4 is 5.97 Å². The van der Waals surface area contributed by atoms with E-state index >= 15 is 0 Å². The van der Waals surface area contributed by atoms with Gasteiger partial charge in [-0.3, -0.25) is 0 Å². The molecule has 1 heterocycles. The van der Waals surface area contributed by atoms with Crippen LogP contribution in [-0.4, -0.2) is 36.8 Å². The zero-order valence-electron chi connectivity index (χ0n) is 11.1. The maximum absolute atomic E-state index is 11.4. The number of hydrogen-bond acceptors (Lipinski definition) is 5. The highest BCUT2D eigenvalue weighted by Gasteiger charge is 2.06. The Balaban J connectivity index is 2.38. The summed E-state index contributed by atoms with van der Waals surface area (Å²) < 4.78 is 10.3. The van der Waals surface area contributed by atoms with E-state index in [-0.39, 0.29) is 5.97 Å². The number of aromatic nitrogens is 1. The summed E-state index contributed by atoms with van der Waals surface area (Å²) in [4.78, 5) is 15.4. The lowest BCUT2D eigenvalue weighted by atomic mass is 10.3. The van der Waals surface area contributed by atoms with Gasteiger partial charge in [0.05, 0.1) is 12.2 Å². The summed E-state index contributed by atoms with van der Waals surface area (Å²) in [5.41, 5.74) is 0.435. The third-order valence-corrected chi connectivity index (χ3v) is 2.15. The minimum absolute atomic E-state index is 0.359. The topological polar surface area (TPSA) is 60.5 Å². The monoisotopic (exact) mass is 252 g/mol. The first-order valence-corrected chi connectivity index (χ1v) is 6.12. The van der Waals surface area contributed by atoms with E-state index in [1.807, 2.05) is 0 Å². The molecule has 0 bridgehead atoms. The Labute approximate surface area is 108 Å². The van der Waals surface area contributed by atoms with Crippen LogP contribution >= 0.6 is 0 Å². The molecule has 0 saturated heterocycles. The van der Waals surface area contributed by atoms with E-state index in [1.54, 1.807) is 19.1 Å². The third kappa shape index (κ3) is 5.14. The second-order valence-corrected chi connectivity index (χ2v) is 4.06. The van der Waals surface area contributed by atoms with E-state index in [1.165, 1.54) is 6.20 Å². The van der Waals surface area contributed by atoms with Crippen LogP contribution < -0.4 is 10.1 Å². The summed E-state index contributed by atoms with van der Waals surface area (Å²) in [5, 5.41) is 3.24. The van der Waals surface area contributed by atoms with Gasteiger partial charge in [-0.1, -0.05) is 13.8 Å².